The maximum Gasteiger partial charge on any atom is 0.208 e. The standard InChI is InChI=1S/C11H24N2O3S/c1-16-11-7-4-3-6-10(11)12-8-5-9-13-17(2,14)15/h10-13H,3-9H2,1-2H3. The fourth-order valence-corrected chi connectivity index (χ4v) is 2.76. The van der Waals surface area contributed by atoms with Crippen LogP contribution < -0.4 is 10.0 Å². The van der Waals surface area contributed by atoms with Crippen molar-refractivity contribution in [1.29, 1.82) is 0 Å². The molecule has 17 heavy (non-hydrogen) atoms. The van der Waals surface area contributed by atoms with Crippen LogP contribution in [0.5, 0.6) is 0 Å². The summed E-state index contributed by atoms with van der Waals surface area (Å²) in [6.45, 7) is 1.32. The zero-order valence-electron chi connectivity index (χ0n) is 10.7. The summed E-state index contributed by atoms with van der Waals surface area (Å²) in [5.41, 5.74) is 0. The van der Waals surface area contributed by atoms with E-state index in [4.69, 9.17) is 4.74 Å². The van der Waals surface area contributed by atoms with Crippen molar-refractivity contribution >= 4 is 10.0 Å². The summed E-state index contributed by atoms with van der Waals surface area (Å²) in [5, 5.41) is 3.45. The number of methoxy groups -OCH3 is 1. The summed E-state index contributed by atoms with van der Waals surface area (Å²) in [5.74, 6) is 0. The molecule has 2 N–H and O–H groups in total. The van der Waals surface area contributed by atoms with Gasteiger partial charge in [0, 0.05) is 19.7 Å². The smallest absolute Gasteiger partial charge is 0.208 e. The van der Waals surface area contributed by atoms with Crippen molar-refractivity contribution in [3.63, 3.8) is 0 Å². The number of hydrogen-bond donors (Lipinski definition) is 2. The minimum atomic E-state index is -3.05. The Labute approximate surface area is 104 Å². The second-order valence-electron chi connectivity index (χ2n) is 4.64. The van der Waals surface area contributed by atoms with Gasteiger partial charge >= 0.3 is 0 Å². The first-order valence-electron chi connectivity index (χ1n) is 6.24. The van der Waals surface area contributed by atoms with E-state index in [1.807, 2.05) is 0 Å². The number of nitrogens with one attached hydrogen (secondary N) is 2. The third-order valence-electron chi connectivity index (χ3n) is 3.13. The molecule has 0 spiro atoms. The predicted octanol–water partition coefficient (Wildman–Crippen LogP) is 0.473. The van der Waals surface area contributed by atoms with E-state index < -0.39 is 10.0 Å². The highest BCUT2D eigenvalue weighted by molar-refractivity contribution is 7.88. The van der Waals surface area contributed by atoms with Crippen LogP contribution in [0.3, 0.4) is 0 Å². The number of ether oxygens (including phenoxy) is 1. The second-order valence-corrected chi connectivity index (χ2v) is 6.47. The number of sulfonamides is 1. The van der Waals surface area contributed by atoms with Crippen molar-refractivity contribution in [3.05, 3.63) is 0 Å². The molecule has 5 nitrogen and oxygen atoms in total. The van der Waals surface area contributed by atoms with Gasteiger partial charge in [-0.05, 0) is 25.8 Å². The molecule has 0 radical (unpaired) electrons. The van der Waals surface area contributed by atoms with E-state index >= 15 is 0 Å². The zero-order chi connectivity index (χ0) is 12.7. The van der Waals surface area contributed by atoms with Crippen LogP contribution in [0.1, 0.15) is 32.1 Å². The fourth-order valence-electron chi connectivity index (χ4n) is 2.25. The molecule has 0 aliphatic heterocycles. The molecule has 0 saturated heterocycles. The minimum Gasteiger partial charge on any atom is -0.380 e. The van der Waals surface area contributed by atoms with Crippen LogP contribution in [-0.4, -0.2) is 47.0 Å². The summed E-state index contributed by atoms with van der Waals surface area (Å²) in [6, 6.07) is 0.423. The Bertz CT molecular complexity index is 306. The van der Waals surface area contributed by atoms with Gasteiger partial charge in [-0.15, -0.1) is 0 Å². The molecule has 1 aliphatic rings. The number of rotatable bonds is 7. The Kier molecular flexibility index (Phi) is 6.40. The van der Waals surface area contributed by atoms with Gasteiger partial charge in [-0.25, -0.2) is 13.1 Å². The Hall–Kier alpha value is -0.170. The lowest BCUT2D eigenvalue weighted by molar-refractivity contribution is 0.0419. The molecule has 0 aromatic heterocycles. The van der Waals surface area contributed by atoms with Crippen LogP contribution in [-0.2, 0) is 14.8 Å². The molecule has 0 amide bonds. The van der Waals surface area contributed by atoms with Crippen LogP contribution in [0, 0.1) is 0 Å². The van der Waals surface area contributed by atoms with Crippen LogP contribution >= 0.6 is 0 Å². The van der Waals surface area contributed by atoms with E-state index in [0.717, 1.165) is 25.8 Å². The lowest BCUT2D eigenvalue weighted by Crippen LogP contribution is -2.44. The maximum atomic E-state index is 10.8. The lowest BCUT2D eigenvalue weighted by Gasteiger charge is -2.31. The second kappa shape index (κ2) is 7.31. The first-order valence-corrected chi connectivity index (χ1v) is 8.13. The minimum absolute atomic E-state index is 0.312. The highest BCUT2D eigenvalue weighted by Gasteiger charge is 2.23. The molecule has 0 aromatic rings. The predicted molar refractivity (Wildman–Crippen MR) is 68.5 cm³/mol. The molecule has 102 valence electrons. The third-order valence-corrected chi connectivity index (χ3v) is 3.86. The molecule has 0 heterocycles. The van der Waals surface area contributed by atoms with Gasteiger partial charge in [-0.1, -0.05) is 12.8 Å². The first kappa shape index (κ1) is 14.9. The molecule has 6 heteroatoms. The third kappa shape index (κ3) is 6.35. The van der Waals surface area contributed by atoms with Crippen molar-refractivity contribution in [2.24, 2.45) is 0 Å². The van der Waals surface area contributed by atoms with Gasteiger partial charge in [0.1, 0.15) is 0 Å². The maximum absolute atomic E-state index is 10.8. The molecule has 2 unspecified atom stereocenters. The largest absolute Gasteiger partial charge is 0.380 e. The van der Waals surface area contributed by atoms with Crippen molar-refractivity contribution < 1.29 is 13.2 Å². The molecule has 0 aromatic carbocycles. The number of hydrogen-bond acceptors (Lipinski definition) is 4. The van der Waals surface area contributed by atoms with Gasteiger partial charge in [-0.2, -0.15) is 0 Å². The quantitative estimate of drug-likeness (QED) is 0.656. The summed E-state index contributed by atoms with van der Waals surface area (Å²) in [4.78, 5) is 0. The van der Waals surface area contributed by atoms with E-state index in [0.29, 0.717) is 18.7 Å². The van der Waals surface area contributed by atoms with Gasteiger partial charge in [0.2, 0.25) is 10.0 Å². The molecule has 1 rings (SSSR count). The van der Waals surface area contributed by atoms with E-state index in [-0.39, 0.29) is 0 Å². The topological polar surface area (TPSA) is 67.4 Å². The highest BCUT2D eigenvalue weighted by Crippen LogP contribution is 2.20. The van der Waals surface area contributed by atoms with Gasteiger partial charge in [-0.3, -0.25) is 0 Å². The molecular formula is C11H24N2O3S. The Morgan fingerprint density at radius 2 is 1.94 bits per heavy atom. The van der Waals surface area contributed by atoms with Gasteiger partial charge in [0.25, 0.3) is 0 Å². The Balaban J connectivity index is 2.12. The van der Waals surface area contributed by atoms with Gasteiger partial charge in [0.15, 0.2) is 0 Å². The average Bonchev–Trinajstić information content (AvgIpc) is 2.27. The molecular weight excluding hydrogens is 240 g/mol. The van der Waals surface area contributed by atoms with Gasteiger partial charge in [0.05, 0.1) is 12.4 Å². The normalized spacial score (nSPS) is 26.0. The average molecular weight is 264 g/mol. The van der Waals surface area contributed by atoms with Crippen LogP contribution in [0.4, 0.5) is 0 Å². The first-order chi connectivity index (χ1) is 8.03. The van der Waals surface area contributed by atoms with E-state index in [2.05, 4.69) is 10.0 Å². The molecule has 2 atom stereocenters. The monoisotopic (exact) mass is 264 g/mol. The summed E-state index contributed by atoms with van der Waals surface area (Å²) >= 11 is 0. The summed E-state index contributed by atoms with van der Waals surface area (Å²) in [7, 11) is -1.29. The SMILES string of the molecule is COC1CCCCC1NCCCNS(C)(=O)=O. The van der Waals surface area contributed by atoms with Crippen molar-refractivity contribution in [1.82, 2.24) is 10.0 Å². The van der Waals surface area contributed by atoms with Gasteiger partial charge < -0.3 is 10.1 Å². The van der Waals surface area contributed by atoms with Crippen LogP contribution in [0.15, 0.2) is 0 Å². The van der Waals surface area contributed by atoms with Crippen LogP contribution in [0.2, 0.25) is 0 Å². The Morgan fingerprint density at radius 1 is 1.24 bits per heavy atom. The van der Waals surface area contributed by atoms with Crippen molar-refractivity contribution in [2.75, 3.05) is 26.5 Å². The van der Waals surface area contributed by atoms with E-state index in [1.165, 1.54) is 19.1 Å². The molecule has 0 bridgehead atoms. The lowest BCUT2D eigenvalue weighted by atomic mass is 9.92. The van der Waals surface area contributed by atoms with Crippen LogP contribution in [0.25, 0.3) is 0 Å². The summed E-state index contributed by atoms with van der Waals surface area (Å²) < 4.78 is 29.6. The van der Waals surface area contributed by atoms with E-state index in [9.17, 15) is 8.42 Å². The summed E-state index contributed by atoms with van der Waals surface area (Å²) in [6.07, 6.45) is 7.06. The van der Waals surface area contributed by atoms with Crippen molar-refractivity contribution in [3.8, 4) is 0 Å². The Morgan fingerprint density at radius 3 is 2.59 bits per heavy atom. The van der Waals surface area contributed by atoms with Crippen molar-refractivity contribution in [2.45, 2.75) is 44.2 Å². The highest BCUT2D eigenvalue weighted by atomic mass is 32.2. The molecule has 1 aliphatic carbocycles. The molecule has 1 saturated carbocycles. The molecule has 1 fully saturated rings. The fraction of sp³-hybridized carbons (Fsp3) is 1.00. The van der Waals surface area contributed by atoms with E-state index in [1.54, 1.807) is 7.11 Å². The zero-order valence-corrected chi connectivity index (χ0v) is 11.6.